The molecule has 0 amide bonds. The van der Waals surface area contributed by atoms with Gasteiger partial charge in [-0.25, -0.2) is 13.1 Å². The highest BCUT2D eigenvalue weighted by atomic mass is 32.2. The molecule has 0 saturated heterocycles. The lowest BCUT2D eigenvalue weighted by molar-refractivity contribution is -0.141. The monoisotopic (exact) mass is 409 g/mol. The molecule has 1 aromatic heterocycles. The van der Waals surface area contributed by atoms with Crippen molar-refractivity contribution in [2.75, 3.05) is 6.54 Å². The van der Waals surface area contributed by atoms with Crippen molar-refractivity contribution in [2.45, 2.75) is 36.4 Å². The average molecular weight is 409 g/mol. The van der Waals surface area contributed by atoms with E-state index in [9.17, 15) is 21.6 Å². The Bertz CT molecular complexity index is 1110. The van der Waals surface area contributed by atoms with Crippen LogP contribution in [0.2, 0.25) is 0 Å². The number of nitrogens with one attached hydrogen (secondary N) is 1. The Morgan fingerprint density at radius 1 is 1.11 bits per heavy atom. The summed E-state index contributed by atoms with van der Waals surface area (Å²) in [6.45, 7) is -0.0177. The molecule has 28 heavy (non-hydrogen) atoms. The molecule has 4 rings (SSSR count). The number of fused-ring (bicyclic) bond motifs is 1. The van der Waals surface area contributed by atoms with Crippen molar-refractivity contribution in [3.05, 3.63) is 59.9 Å². The molecule has 0 bridgehead atoms. The number of sulfonamides is 1. The predicted octanol–water partition coefficient (Wildman–Crippen LogP) is 3.91. The average Bonchev–Trinajstić information content (AvgIpc) is 3.40. The fourth-order valence-corrected chi connectivity index (χ4v) is 4.50. The van der Waals surface area contributed by atoms with Crippen LogP contribution < -0.4 is 4.72 Å². The summed E-state index contributed by atoms with van der Waals surface area (Å²) in [6.07, 6.45) is -2.87. The molecule has 148 valence electrons. The van der Waals surface area contributed by atoms with Crippen LogP contribution >= 0.6 is 0 Å². The first kappa shape index (κ1) is 18.9. The third-order valence-corrected chi connectivity index (χ3v) is 6.27. The van der Waals surface area contributed by atoms with Crippen LogP contribution in [0.25, 0.3) is 10.8 Å². The lowest BCUT2D eigenvalue weighted by Crippen LogP contribution is -2.28. The Hall–Kier alpha value is -2.39. The molecule has 1 aliphatic rings. The van der Waals surface area contributed by atoms with Gasteiger partial charge in [0, 0.05) is 23.5 Å². The van der Waals surface area contributed by atoms with Gasteiger partial charge in [0.2, 0.25) is 10.0 Å². The lowest BCUT2D eigenvalue weighted by Gasteiger charge is -2.11. The summed E-state index contributed by atoms with van der Waals surface area (Å²) in [4.78, 5) is 0.143. The first-order chi connectivity index (χ1) is 13.3. The van der Waals surface area contributed by atoms with Crippen LogP contribution in [0.5, 0.6) is 0 Å². The number of benzene rings is 2. The summed E-state index contributed by atoms with van der Waals surface area (Å²) in [7, 11) is -3.81. The van der Waals surface area contributed by atoms with Crippen molar-refractivity contribution in [3.8, 4) is 0 Å². The summed E-state index contributed by atoms with van der Waals surface area (Å²) < 4.78 is 68.0. The van der Waals surface area contributed by atoms with E-state index in [-0.39, 0.29) is 23.9 Å². The van der Waals surface area contributed by atoms with Gasteiger partial charge in [0.05, 0.1) is 11.4 Å². The highest BCUT2D eigenvalue weighted by molar-refractivity contribution is 7.89. The summed E-state index contributed by atoms with van der Waals surface area (Å²) in [5.74, 6) is 0.0678. The Morgan fingerprint density at radius 2 is 1.82 bits per heavy atom. The largest absolute Gasteiger partial charge is 0.435 e. The quantitative estimate of drug-likeness (QED) is 0.671. The second kappa shape index (κ2) is 6.89. The van der Waals surface area contributed by atoms with Crippen molar-refractivity contribution in [3.63, 3.8) is 0 Å². The molecule has 9 heteroatoms. The molecule has 1 aliphatic carbocycles. The Kier molecular flexibility index (Phi) is 4.67. The Labute approximate surface area is 160 Å². The van der Waals surface area contributed by atoms with Gasteiger partial charge in [0.25, 0.3) is 0 Å². The van der Waals surface area contributed by atoms with E-state index in [0.29, 0.717) is 11.1 Å². The summed E-state index contributed by atoms with van der Waals surface area (Å²) >= 11 is 0. The first-order valence-electron chi connectivity index (χ1n) is 8.88. The van der Waals surface area contributed by atoms with E-state index in [1.165, 1.54) is 10.7 Å². The maximum Gasteiger partial charge on any atom is 0.435 e. The van der Waals surface area contributed by atoms with Gasteiger partial charge < -0.3 is 0 Å². The van der Waals surface area contributed by atoms with Crippen LogP contribution in [0.4, 0.5) is 13.2 Å². The number of halogens is 3. The van der Waals surface area contributed by atoms with E-state index >= 15 is 0 Å². The van der Waals surface area contributed by atoms with Crippen molar-refractivity contribution >= 4 is 20.8 Å². The molecular weight excluding hydrogens is 391 g/mol. The topological polar surface area (TPSA) is 64.0 Å². The zero-order valence-electron chi connectivity index (χ0n) is 14.8. The predicted molar refractivity (Wildman–Crippen MR) is 98.3 cm³/mol. The van der Waals surface area contributed by atoms with Gasteiger partial charge in [-0.05, 0) is 30.4 Å². The molecule has 0 radical (unpaired) electrons. The number of nitrogens with zero attached hydrogens (tertiary/aromatic N) is 2. The third-order valence-electron chi connectivity index (χ3n) is 4.75. The van der Waals surface area contributed by atoms with Crippen LogP contribution in [0.3, 0.4) is 0 Å². The molecule has 1 fully saturated rings. The maximum absolute atomic E-state index is 13.0. The van der Waals surface area contributed by atoms with Crippen LogP contribution in [-0.2, 0) is 22.7 Å². The van der Waals surface area contributed by atoms with E-state index in [1.54, 1.807) is 18.2 Å². The summed E-state index contributed by atoms with van der Waals surface area (Å²) in [6, 6.07) is 13.2. The highest BCUT2D eigenvalue weighted by Gasteiger charge is 2.37. The lowest BCUT2D eigenvalue weighted by atomic mass is 10.1. The molecule has 1 heterocycles. The number of hydrogen-bond acceptors (Lipinski definition) is 3. The van der Waals surface area contributed by atoms with E-state index < -0.39 is 21.9 Å². The maximum atomic E-state index is 13.0. The minimum atomic E-state index is -4.52. The Balaban J connectivity index is 1.53. The van der Waals surface area contributed by atoms with Gasteiger partial charge in [0.15, 0.2) is 5.69 Å². The molecular formula is C19H18F3N3O2S. The van der Waals surface area contributed by atoms with Gasteiger partial charge in [-0.3, -0.25) is 4.68 Å². The zero-order chi connectivity index (χ0) is 19.9. The second-order valence-electron chi connectivity index (χ2n) is 6.82. The molecule has 0 unspecified atom stereocenters. The molecule has 0 atom stereocenters. The van der Waals surface area contributed by atoms with Crippen LogP contribution in [-0.4, -0.2) is 24.7 Å². The fourth-order valence-electron chi connectivity index (χ4n) is 3.25. The molecule has 1 saturated carbocycles. The molecule has 3 aromatic rings. The van der Waals surface area contributed by atoms with E-state index in [1.807, 2.05) is 18.2 Å². The van der Waals surface area contributed by atoms with Gasteiger partial charge in [0.1, 0.15) is 0 Å². The van der Waals surface area contributed by atoms with Gasteiger partial charge >= 0.3 is 6.18 Å². The minimum Gasteiger partial charge on any atom is -0.267 e. The third kappa shape index (κ3) is 3.77. The number of alkyl halides is 3. The molecule has 5 nitrogen and oxygen atoms in total. The van der Waals surface area contributed by atoms with Crippen molar-refractivity contribution in [1.82, 2.24) is 14.5 Å². The normalized spacial score (nSPS) is 15.2. The SMILES string of the molecule is O=S(=O)(NCCn1nc(C(F)(F)F)cc1C1CC1)c1cccc2ccccc12. The molecule has 2 aromatic carbocycles. The van der Waals surface area contributed by atoms with Crippen LogP contribution in [0.15, 0.2) is 53.4 Å². The first-order valence-corrected chi connectivity index (χ1v) is 10.4. The van der Waals surface area contributed by atoms with Gasteiger partial charge in [-0.1, -0.05) is 36.4 Å². The van der Waals surface area contributed by atoms with Crippen molar-refractivity contribution in [2.24, 2.45) is 0 Å². The van der Waals surface area contributed by atoms with Crippen molar-refractivity contribution < 1.29 is 21.6 Å². The zero-order valence-corrected chi connectivity index (χ0v) is 15.6. The van der Waals surface area contributed by atoms with E-state index in [4.69, 9.17) is 0 Å². The fraction of sp³-hybridized carbons (Fsp3) is 0.316. The van der Waals surface area contributed by atoms with Gasteiger partial charge in [-0.2, -0.15) is 18.3 Å². The smallest absolute Gasteiger partial charge is 0.267 e. The van der Waals surface area contributed by atoms with Crippen LogP contribution in [0.1, 0.15) is 30.1 Å². The molecule has 0 spiro atoms. The molecule has 0 aliphatic heterocycles. The standard InChI is InChI=1S/C19H18F3N3O2S/c20-19(21,22)18-12-16(14-8-9-14)25(24-18)11-10-23-28(26,27)17-7-3-5-13-4-1-2-6-15(13)17/h1-7,12,14,23H,8-11H2. The van der Waals surface area contributed by atoms with E-state index in [0.717, 1.165) is 24.3 Å². The van der Waals surface area contributed by atoms with Crippen molar-refractivity contribution in [1.29, 1.82) is 0 Å². The summed E-state index contributed by atoms with van der Waals surface area (Å²) in [5.41, 5.74) is -0.428. The Morgan fingerprint density at radius 3 is 2.54 bits per heavy atom. The second-order valence-corrected chi connectivity index (χ2v) is 8.56. The summed E-state index contributed by atoms with van der Waals surface area (Å²) in [5, 5.41) is 5.03. The highest BCUT2D eigenvalue weighted by Crippen LogP contribution is 2.42. The number of hydrogen-bond donors (Lipinski definition) is 1. The van der Waals surface area contributed by atoms with Crippen LogP contribution in [0, 0.1) is 0 Å². The minimum absolute atomic E-state index is 0.0336. The van der Waals surface area contributed by atoms with E-state index in [2.05, 4.69) is 9.82 Å². The molecule has 1 N–H and O–H groups in total. The number of aromatic nitrogens is 2. The van der Waals surface area contributed by atoms with Gasteiger partial charge in [-0.15, -0.1) is 0 Å². The number of rotatable bonds is 6.